The van der Waals surface area contributed by atoms with Gasteiger partial charge in [-0.15, -0.1) is 0 Å². The summed E-state index contributed by atoms with van der Waals surface area (Å²) in [7, 11) is 0. The Balaban J connectivity index is 1.79. The lowest BCUT2D eigenvalue weighted by Gasteiger charge is -2.09. The highest BCUT2D eigenvalue weighted by Crippen LogP contribution is 2.12. The first kappa shape index (κ1) is 14.6. The van der Waals surface area contributed by atoms with E-state index in [1.54, 1.807) is 0 Å². The Labute approximate surface area is 120 Å². The first-order valence-electron chi connectivity index (χ1n) is 7.26. The molecule has 1 N–H and O–H groups in total. The molecule has 0 unspecified atom stereocenters. The summed E-state index contributed by atoms with van der Waals surface area (Å²) in [5.41, 5.74) is 1.28. The Bertz CT molecular complexity index is 505. The van der Waals surface area contributed by atoms with Crippen LogP contribution in [0.5, 0.6) is 5.75 Å². The number of aromatic nitrogens is 2. The summed E-state index contributed by atoms with van der Waals surface area (Å²) < 4.78 is 7.91. The maximum Gasteiger partial charge on any atom is 0.119 e. The first-order valence-corrected chi connectivity index (χ1v) is 7.26. The van der Waals surface area contributed by atoms with Crippen LogP contribution < -0.4 is 10.1 Å². The average molecular weight is 273 g/mol. The summed E-state index contributed by atoms with van der Waals surface area (Å²) in [6.07, 6.45) is 4.79. The fourth-order valence-electron chi connectivity index (χ4n) is 2.09. The molecule has 0 aliphatic heterocycles. The van der Waals surface area contributed by atoms with Gasteiger partial charge in [0.2, 0.25) is 0 Å². The van der Waals surface area contributed by atoms with Crippen molar-refractivity contribution in [1.29, 1.82) is 0 Å². The van der Waals surface area contributed by atoms with Crippen LogP contribution in [-0.4, -0.2) is 22.7 Å². The zero-order valence-electron chi connectivity index (χ0n) is 12.3. The number of rotatable bonds is 8. The van der Waals surface area contributed by atoms with Crippen LogP contribution in [0.15, 0.2) is 36.7 Å². The van der Waals surface area contributed by atoms with E-state index in [4.69, 9.17) is 4.74 Å². The number of hydrogen-bond acceptors (Lipinski definition) is 3. The monoisotopic (exact) mass is 273 g/mol. The number of imidazole rings is 1. The van der Waals surface area contributed by atoms with Crippen molar-refractivity contribution in [3.05, 3.63) is 48.0 Å². The molecule has 1 heterocycles. The minimum Gasteiger partial charge on any atom is -0.492 e. The standard InChI is InChI=1S/C16H23N3O/c1-3-16-18-9-10-19(16)11-12-20-15-7-5-14(6-8-15)13-17-4-2/h5-10,17H,3-4,11-13H2,1-2H3. The summed E-state index contributed by atoms with van der Waals surface area (Å²) >= 11 is 0. The van der Waals surface area contributed by atoms with Gasteiger partial charge in [-0.3, -0.25) is 0 Å². The van der Waals surface area contributed by atoms with E-state index in [9.17, 15) is 0 Å². The quantitative estimate of drug-likeness (QED) is 0.803. The molecule has 2 aromatic rings. The van der Waals surface area contributed by atoms with Crippen LogP contribution in [0.2, 0.25) is 0 Å². The van der Waals surface area contributed by atoms with Gasteiger partial charge >= 0.3 is 0 Å². The highest BCUT2D eigenvalue weighted by atomic mass is 16.5. The van der Waals surface area contributed by atoms with Crippen molar-refractivity contribution in [3.63, 3.8) is 0 Å². The van der Waals surface area contributed by atoms with Gasteiger partial charge in [-0.2, -0.15) is 0 Å². The van der Waals surface area contributed by atoms with Crippen molar-refractivity contribution in [1.82, 2.24) is 14.9 Å². The summed E-state index contributed by atoms with van der Waals surface area (Å²) in [5.74, 6) is 2.03. The minimum absolute atomic E-state index is 0.663. The fraction of sp³-hybridized carbons (Fsp3) is 0.438. The molecule has 0 aliphatic carbocycles. The molecule has 0 spiro atoms. The van der Waals surface area contributed by atoms with Gasteiger partial charge in [0.1, 0.15) is 18.2 Å². The summed E-state index contributed by atoms with van der Waals surface area (Å²) in [6.45, 7) is 7.62. The molecule has 2 rings (SSSR count). The van der Waals surface area contributed by atoms with E-state index < -0.39 is 0 Å². The first-order chi connectivity index (χ1) is 9.83. The largest absolute Gasteiger partial charge is 0.492 e. The molecule has 0 aliphatic rings. The van der Waals surface area contributed by atoms with Crippen molar-refractivity contribution < 1.29 is 4.74 Å². The number of nitrogens with zero attached hydrogens (tertiary/aromatic N) is 2. The molecule has 4 nitrogen and oxygen atoms in total. The lowest BCUT2D eigenvalue weighted by molar-refractivity contribution is 0.296. The molecule has 0 saturated carbocycles. The van der Waals surface area contributed by atoms with Gasteiger partial charge in [-0.25, -0.2) is 4.98 Å². The van der Waals surface area contributed by atoms with Crippen molar-refractivity contribution in [2.75, 3.05) is 13.2 Å². The van der Waals surface area contributed by atoms with Crippen LogP contribution in [0.4, 0.5) is 0 Å². The average Bonchev–Trinajstić information content (AvgIpc) is 2.94. The SMILES string of the molecule is CCNCc1ccc(OCCn2ccnc2CC)cc1. The van der Waals surface area contributed by atoms with Gasteiger partial charge in [-0.1, -0.05) is 26.0 Å². The minimum atomic E-state index is 0.663. The summed E-state index contributed by atoms with van der Waals surface area (Å²) in [4.78, 5) is 4.30. The summed E-state index contributed by atoms with van der Waals surface area (Å²) in [6, 6.07) is 8.27. The molecular formula is C16H23N3O. The maximum atomic E-state index is 5.77. The van der Waals surface area contributed by atoms with E-state index >= 15 is 0 Å². The van der Waals surface area contributed by atoms with Gasteiger partial charge in [-0.05, 0) is 24.2 Å². The third kappa shape index (κ3) is 4.10. The second-order valence-corrected chi connectivity index (χ2v) is 4.66. The number of benzene rings is 1. The predicted molar refractivity (Wildman–Crippen MR) is 80.9 cm³/mol. The zero-order chi connectivity index (χ0) is 14.2. The van der Waals surface area contributed by atoms with Crippen molar-refractivity contribution in [2.45, 2.75) is 33.4 Å². The maximum absolute atomic E-state index is 5.77. The Morgan fingerprint density at radius 2 is 2.00 bits per heavy atom. The molecule has 0 atom stereocenters. The molecule has 1 aromatic carbocycles. The van der Waals surface area contributed by atoms with E-state index in [0.29, 0.717) is 6.61 Å². The van der Waals surface area contributed by atoms with Crippen LogP contribution in [0.1, 0.15) is 25.2 Å². The van der Waals surface area contributed by atoms with Crippen LogP contribution in [0.3, 0.4) is 0 Å². The van der Waals surface area contributed by atoms with E-state index in [2.05, 4.69) is 40.8 Å². The molecule has 108 valence electrons. The highest BCUT2D eigenvalue weighted by molar-refractivity contribution is 5.27. The van der Waals surface area contributed by atoms with E-state index in [-0.39, 0.29) is 0 Å². The Morgan fingerprint density at radius 1 is 1.20 bits per heavy atom. The van der Waals surface area contributed by atoms with Crippen molar-refractivity contribution in [2.24, 2.45) is 0 Å². The molecule has 0 fully saturated rings. The number of aryl methyl sites for hydroxylation is 1. The number of nitrogens with one attached hydrogen (secondary N) is 1. The van der Waals surface area contributed by atoms with Gasteiger partial charge < -0.3 is 14.6 Å². The molecular weight excluding hydrogens is 250 g/mol. The number of ether oxygens (including phenoxy) is 1. The van der Waals surface area contributed by atoms with E-state index in [1.165, 1.54) is 5.56 Å². The van der Waals surface area contributed by atoms with Crippen LogP contribution in [-0.2, 0) is 19.5 Å². The molecule has 0 amide bonds. The lowest BCUT2D eigenvalue weighted by atomic mass is 10.2. The molecule has 1 aromatic heterocycles. The Hall–Kier alpha value is -1.81. The second-order valence-electron chi connectivity index (χ2n) is 4.66. The van der Waals surface area contributed by atoms with Gasteiger partial charge in [0.05, 0.1) is 6.54 Å². The van der Waals surface area contributed by atoms with Crippen LogP contribution in [0, 0.1) is 0 Å². The zero-order valence-corrected chi connectivity index (χ0v) is 12.3. The highest BCUT2D eigenvalue weighted by Gasteiger charge is 2.00. The van der Waals surface area contributed by atoms with Gasteiger partial charge in [0.15, 0.2) is 0 Å². The fourth-order valence-corrected chi connectivity index (χ4v) is 2.09. The molecule has 0 saturated heterocycles. The molecule has 0 radical (unpaired) electrons. The molecule has 0 bridgehead atoms. The van der Waals surface area contributed by atoms with Gasteiger partial charge in [0, 0.05) is 25.4 Å². The number of hydrogen-bond donors (Lipinski definition) is 1. The van der Waals surface area contributed by atoms with Crippen molar-refractivity contribution >= 4 is 0 Å². The third-order valence-corrected chi connectivity index (χ3v) is 3.22. The van der Waals surface area contributed by atoms with E-state index in [1.807, 2.05) is 24.5 Å². The molecule has 4 heteroatoms. The predicted octanol–water partition coefficient (Wildman–Crippen LogP) is 2.63. The van der Waals surface area contributed by atoms with Crippen LogP contribution in [0.25, 0.3) is 0 Å². The van der Waals surface area contributed by atoms with Crippen LogP contribution >= 0.6 is 0 Å². The Kier molecular flexibility index (Phi) is 5.62. The normalized spacial score (nSPS) is 10.7. The smallest absolute Gasteiger partial charge is 0.119 e. The topological polar surface area (TPSA) is 39.1 Å². The van der Waals surface area contributed by atoms with E-state index in [0.717, 1.165) is 37.6 Å². The molecule has 20 heavy (non-hydrogen) atoms. The third-order valence-electron chi connectivity index (χ3n) is 3.22. The van der Waals surface area contributed by atoms with Gasteiger partial charge in [0.25, 0.3) is 0 Å². The Morgan fingerprint density at radius 3 is 2.70 bits per heavy atom. The van der Waals surface area contributed by atoms with Crippen molar-refractivity contribution in [3.8, 4) is 5.75 Å². The summed E-state index contributed by atoms with van der Waals surface area (Å²) in [5, 5.41) is 3.31. The lowest BCUT2D eigenvalue weighted by Crippen LogP contribution is -2.12. The second kappa shape index (κ2) is 7.70.